The van der Waals surface area contributed by atoms with E-state index in [1.807, 2.05) is 0 Å². The molecule has 1 rings (SSSR count). The van der Waals surface area contributed by atoms with Crippen LogP contribution in [-0.4, -0.2) is 40.7 Å². The molecule has 0 bridgehead atoms. The van der Waals surface area contributed by atoms with Gasteiger partial charge in [0.15, 0.2) is 0 Å². The number of benzene rings is 1. The molecule has 0 spiro atoms. The van der Waals surface area contributed by atoms with E-state index in [1.54, 1.807) is 0 Å². The van der Waals surface area contributed by atoms with Crippen molar-refractivity contribution in [2.75, 3.05) is 6.54 Å². The largest absolute Gasteiger partial charge is 0.488 e. The monoisotopic (exact) mass is 223 g/mol. The summed E-state index contributed by atoms with van der Waals surface area (Å²) in [6, 6.07) is 5.51. The van der Waals surface area contributed by atoms with E-state index in [-0.39, 0.29) is 11.0 Å². The average Bonchev–Trinajstić information content (AvgIpc) is 2.26. The first kappa shape index (κ1) is 12.2. The number of carboxylic acids is 1. The van der Waals surface area contributed by atoms with Gasteiger partial charge in [0.1, 0.15) is 6.54 Å². The van der Waals surface area contributed by atoms with E-state index < -0.39 is 25.5 Å². The van der Waals surface area contributed by atoms with Gasteiger partial charge in [0.25, 0.3) is 5.91 Å². The first-order valence-corrected chi connectivity index (χ1v) is 4.47. The first-order chi connectivity index (χ1) is 7.50. The zero-order chi connectivity index (χ0) is 12.1. The van der Waals surface area contributed by atoms with Crippen molar-refractivity contribution in [2.45, 2.75) is 0 Å². The molecule has 1 aromatic rings. The van der Waals surface area contributed by atoms with Gasteiger partial charge in [0.2, 0.25) is 0 Å². The summed E-state index contributed by atoms with van der Waals surface area (Å²) in [5, 5.41) is 28.1. The van der Waals surface area contributed by atoms with Gasteiger partial charge >= 0.3 is 13.1 Å². The van der Waals surface area contributed by atoms with E-state index in [1.165, 1.54) is 24.3 Å². The number of carboxylic acid groups (broad SMARTS) is 1. The van der Waals surface area contributed by atoms with Gasteiger partial charge in [-0.05, 0) is 17.6 Å². The van der Waals surface area contributed by atoms with Gasteiger partial charge in [0.05, 0.1) is 0 Å². The van der Waals surface area contributed by atoms with Gasteiger partial charge < -0.3 is 20.5 Å². The molecule has 0 saturated carbocycles. The number of carbonyl (C=O) groups is 2. The van der Waals surface area contributed by atoms with Crippen LogP contribution in [0, 0.1) is 0 Å². The fourth-order valence-electron chi connectivity index (χ4n) is 1.06. The maximum atomic E-state index is 11.3. The molecule has 84 valence electrons. The molecule has 0 aliphatic carbocycles. The molecule has 1 amide bonds. The Morgan fingerprint density at radius 2 is 1.75 bits per heavy atom. The van der Waals surface area contributed by atoms with E-state index in [0.29, 0.717) is 0 Å². The van der Waals surface area contributed by atoms with Crippen LogP contribution in [0.3, 0.4) is 0 Å². The number of amides is 1. The minimum atomic E-state index is -1.59. The summed E-state index contributed by atoms with van der Waals surface area (Å²) in [6.07, 6.45) is 0. The number of nitrogens with one attached hydrogen (secondary N) is 1. The molecule has 0 atom stereocenters. The van der Waals surface area contributed by atoms with Crippen LogP contribution in [0.25, 0.3) is 0 Å². The summed E-state index contributed by atoms with van der Waals surface area (Å²) < 4.78 is 0. The van der Waals surface area contributed by atoms with Crippen molar-refractivity contribution in [3.63, 3.8) is 0 Å². The van der Waals surface area contributed by atoms with Crippen molar-refractivity contribution in [2.24, 2.45) is 0 Å². The highest BCUT2D eigenvalue weighted by Crippen LogP contribution is 1.96. The number of carbonyl (C=O) groups excluding carboxylic acids is 1. The average molecular weight is 223 g/mol. The van der Waals surface area contributed by atoms with Crippen molar-refractivity contribution in [1.82, 2.24) is 5.32 Å². The zero-order valence-corrected chi connectivity index (χ0v) is 8.25. The molecule has 0 heterocycles. The summed E-state index contributed by atoms with van der Waals surface area (Å²) in [6.45, 7) is -0.455. The number of hydrogen-bond donors (Lipinski definition) is 4. The Morgan fingerprint density at radius 1 is 1.19 bits per heavy atom. The SMILES string of the molecule is O=C(O)CNC(=O)c1ccc(B(O)O)cc1. The Hall–Kier alpha value is -1.86. The molecule has 0 unspecified atom stereocenters. The van der Waals surface area contributed by atoms with Crippen LogP contribution in [0.15, 0.2) is 24.3 Å². The fourth-order valence-corrected chi connectivity index (χ4v) is 1.06. The van der Waals surface area contributed by atoms with Crippen LogP contribution in [-0.2, 0) is 4.79 Å². The lowest BCUT2D eigenvalue weighted by atomic mass is 9.80. The van der Waals surface area contributed by atoms with Gasteiger partial charge in [-0.1, -0.05) is 12.1 Å². The lowest BCUT2D eigenvalue weighted by Crippen LogP contribution is -2.31. The molecule has 0 aliphatic heterocycles. The lowest BCUT2D eigenvalue weighted by molar-refractivity contribution is -0.135. The summed E-state index contributed by atoms with van der Waals surface area (Å²) >= 11 is 0. The third-order valence-electron chi connectivity index (χ3n) is 1.87. The van der Waals surface area contributed by atoms with E-state index in [4.69, 9.17) is 15.2 Å². The van der Waals surface area contributed by atoms with Gasteiger partial charge in [-0.3, -0.25) is 9.59 Å². The second-order valence-corrected chi connectivity index (χ2v) is 3.07. The molecule has 0 aromatic heterocycles. The lowest BCUT2D eigenvalue weighted by Gasteiger charge is -2.03. The Labute approximate surface area is 91.7 Å². The maximum absolute atomic E-state index is 11.3. The Morgan fingerprint density at radius 3 is 2.19 bits per heavy atom. The molecule has 0 fully saturated rings. The Bertz CT molecular complexity index is 389. The van der Waals surface area contributed by atoms with Crippen LogP contribution in [0.2, 0.25) is 0 Å². The Balaban J connectivity index is 2.66. The van der Waals surface area contributed by atoms with E-state index in [0.717, 1.165) is 0 Å². The first-order valence-electron chi connectivity index (χ1n) is 4.47. The zero-order valence-electron chi connectivity index (χ0n) is 8.25. The normalized spacial score (nSPS) is 9.62. The number of rotatable bonds is 4. The summed E-state index contributed by atoms with van der Waals surface area (Å²) in [4.78, 5) is 21.5. The second-order valence-electron chi connectivity index (χ2n) is 3.07. The van der Waals surface area contributed by atoms with Gasteiger partial charge in [-0.15, -0.1) is 0 Å². The second kappa shape index (κ2) is 5.29. The van der Waals surface area contributed by atoms with Crippen molar-refractivity contribution in [1.29, 1.82) is 0 Å². The molecule has 16 heavy (non-hydrogen) atoms. The highest BCUT2D eigenvalue weighted by atomic mass is 16.4. The van der Waals surface area contributed by atoms with E-state index >= 15 is 0 Å². The fraction of sp³-hybridized carbons (Fsp3) is 0.111. The molecule has 4 N–H and O–H groups in total. The van der Waals surface area contributed by atoms with Crippen molar-refractivity contribution < 1.29 is 24.7 Å². The van der Waals surface area contributed by atoms with Gasteiger partial charge in [0, 0.05) is 5.56 Å². The number of aliphatic carboxylic acids is 1. The third-order valence-corrected chi connectivity index (χ3v) is 1.87. The molecule has 0 radical (unpaired) electrons. The molecular formula is C9H10BNO5. The molecule has 1 aromatic carbocycles. The third kappa shape index (κ3) is 3.37. The van der Waals surface area contributed by atoms with Crippen LogP contribution >= 0.6 is 0 Å². The minimum absolute atomic E-state index is 0.255. The highest BCUT2D eigenvalue weighted by Gasteiger charge is 2.12. The molecule has 6 nitrogen and oxygen atoms in total. The quantitative estimate of drug-likeness (QED) is 0.449. The predicted octanol–water partition coefficient (Wildman–Crippen LogP) is -1.82. The summed E-state index contributed by atoms with van der Waals surface area (Å²) in [5.74, 6) is -1.66. The molecule has 7 heteroatoms. The van der Waals surface area contributed by atoms with Crippen LogP contribution in [0.5, 0.6) is 0 Å². The predicted molar refractivity (Wildman–Crippen MR) is 56.2 cm³/mol. The van der Waals surface area contributed by atoms with Crippen molar-refractivity contribution in [3.05, 3.63) is 29.8 Å². The maximum Gasteiger partial charge on any atom is 0.488 e. The molecule has 0 aliphatic rings. The summed E-state index contributed by atoms with van der Waals surface area (Å²) in [7, 11) is -1.59. The Kier molecular flexibility index (Phi) is 4.04. The van der Waals surface area contributed by atoms with Crippen molar-refractivity contribution in [3.8, 4) is 0 Å². The van der Waals surface area contributed by atoms with Gasteiger partial charge in [-0.2, -0.15) is 0 Å². The van der Waals surface area contributed by atoms with Crippen LogP contribution < -0.4 is 10.8 Å². The van der Waals surface area contributed by atoms with Crippen LogP contribution in [0.4, 0.5) is 0 Å². The smallest absolute Gasteiger partial charge is 0.480 e. The topological polar surface area (TPSA) is 107 Å². The summed E-state index contributed by atoms with van der Waals surface area (Å²) in [5.41, 5.74) is 0.514. The minimum Gasteiger partial charge on any atom is -0.480 e. The highest BCUT2D eigenvalue weighted by molar-refractivity contribution is 6.58. The number of hydrogen-bond acceptors (Lipinski definition) is 4. The standard InChI is InChI=1S/C9H10BNO5/c12-8(13)5-11-9(14)6-1-3-7(4-2-6)10(15)16/h1-4,15-16H,5H2,(H,11,14)(H,12,13). The van der Waals surface area contributed by atoms with Gasteiger partial charge in [-0.25, -0.2) is 0 Å². The molecule has 0 saturated heterocycles. The van der Waals surface area contributed by atoms with E-state index in [2.05, 4.69) is 5.32 Å². The van der Waals surface area contributed by atoms with E-state index in [9.17, 15) is 9.59 Å². The molecular weight excluding hydrogens is 213 g/mol. The van der Waals surface area contributed by atoms with Crippen LogP contribution in [0.1, 0.15) is 10.4 Å². The van der Waals surface area contributed by atoms with Crippen molar-refractivity contribution >= 4 is 24.5 Å².